The number of aliphatic hydroxyl groups is 1. The number of aliphatic hydroxyl groups excluding tert-OH is 1. The predicted octanol–water partition coefficient (Wildman–Crippen LogP) is 3.15. The van der Waals surface area contributed by atoms with Gasteiger partial charge in [0.2, 0.25) is 0 Å². The molecule has 2 aromatic rings. The molecule has 0 spiro atoms. The smallest absolute Gasteiger partial charge is 0.142 e. The van der Waals surface area contributed by atoms with Crippen molar-refractivity contribution >= 4 is 17.3 Å². The van der Waals surface area contributed by atoms with Gasteiger partial charge in [-0.3, -0.25) is 0 Å². The van der Waals surface area contributed by atoms with E-state index in [-0.39, 0.29) is 10.6 Å². The number of halogens is 2. The molecule has 1 atom stereocenters. The van der Waals surface area contributed by atoms with E-state index >= 15 is 0 Å². The van der Waals surface area contributed by atoms with Crippen LogP contribution in [0.2, 0.25) is 5.02 Å². The van der Waals surface area contributed by atoms with Gasteiger partial charge < -0.3 is 15.6 Å². The van der Waals surface area contributed by atoms with Crippen molar-refractivity contribution in [2.24, 2.45) is 0 Å². The predicted molar refractivity (Wildman–Crippen MR) is 72.9 cm³/mol. The number of anilines is 1. The fourth-order valence-corrected chi connectivity index (χ4v) is 2.09. The van der Waals surface area contributed by atoms with Crippen LogP contribution in [-0.2, 0) is 0 Å². The molecule has 0 bridgehead atoms. The Kier molecular flexibility index (Phi) is 3.93. The molecule has 0 saturated heterocycles. The average molecular weight is 282 g/mol. The van der Waals surface area contributed by atoms with Crippen molar-refractivity contribution in [2.45, 2.75) is 6.10 Å². The van der Waals surface area contributed by atoms with Gasteiger partial charge in [-0.25, -0.2) is 4.39 Å². The van der Waals surface area contributed by atoms with Gasteiger partial charge in [0.15, 0.2) is 0 Å². The number of nitrogen functional groups attached to an aromatic ring is 1. The number of rotatable bonds is 3. The summed E-state index contributed by atoms with van der Waals surface area (Å²) in [5.41, 5.74) is 6.89. The molecule has 1 unspecified atom stereocenters. The quantitative estimate of drug-likeness (QED) is 0.850. The largest absolute Gasteiger partial charge is 0.495 e. The lowest BCUT2D eigenvalue weighted by atomic mass is 9.99. The maximum Gasteiger partial charge on any atom is 0.142 e. The second-order valence-corrected chi connectivity index (χ2v) is 4.44. The number of hydrogen-bond donors (Lipinski definition) is 2. The molecule has 3 N–H and O–H groups in total. The summed E-state index contributed by atoms with van der Waals surface area (Å²) in [6.45, 7) is 0. The van der Waals surface area contributed by atoms with Crippen LogP contribution in [0.5, 0.6) is 5.75 Å². The van der Waals surface area contributed by atoms with Crippen LogP contribution in [0, 0.1) is 5.82 Å². The fraction of sp³-hybridized carbons (Fsp3) is 0.143. The minimum absolute atomic E-state index is 0.265. The van der Waals surface area contributed by atoms with E-state index in [4.69, 9.17) is 22.1 Å². The third-order valence-corrected chi connectivity index (χ3v) is 3.21. The van der Waals surface area contributed by atoms with Gasteiger partial charge in [-0.2, -0.15) is 0 Å². The number of benzene rings is 2. The molecule has 0 heterocycles. The van der Waals surface area contributed by atoms with E-state index in [0.29, 0.717) is 17.0 Å². The zero-order chi connectivity index (χ0) is 14.0. The molecule has 100 valence electrons. The molecule has 19 heavy (non-hydrogen) atoms. The van der Waals surface area contributed by atoms with Crippen LogP contribution in [-0.4, -0.2) is 12.2 Å². The summed E-state index contributed by atoms with van der Waals surface area (Å²) >= 11 is 5.97. The summed E-state index contributed by atoms with van der Waals surface area (Å²) in [4.78, 5) is 0. The SMILES string of the molecule is COc1cccc(C(O)c2cc(F)ccc2Cl)c1N. The molecule has 2 rings (SSSR count). The fourth-order valence-electron chi connectivity index (χ4n) is 1.87. The lowest BCUT2D eigenvalue weighted by Crippen LogP contribution is -2.06. The maximum atomic E-state index is 13.2. The van der Waals surface area contributed by atoms with Crippen LogP contribution in [0.15, 0.2) is 36.4 Å². The molecular weight excluding hydrogens is 269 g/mol. The normalized spacial score (nSPS) is 12.2. The maximum absolute atomic E-state index is 13.2. The Morgan fingerprint density at radius 3 is 2.68 bits per heavy atom. The van der Waals surface area contributed by atoms with Crippen LogP contribution in [0.25, 0.3) is 0 Å². The van der Waals surface area contributed by atoms with Gasteiger partial charge in [-0.05, 0) is 24.3 Å². The summed E-state index contributed by atoms with van der Waals surface area (Å²) in [6.07, 6.45) is -1.11. The highest BCUT2D eigenvalue weighted by atomic mass is 35.5. The number of methoxy groups -OCH3 is 1. The van der Waals surface area contributed by atoms with Crippen LogP contribution >= 0.6 is 11.6 Å². The minimum Gasteiger partial charge on any atom is -0.495 e. The molecule has 0 aliphatic rings. The van der Waals surface area contributed by atoms with E-state index in [1.165, 1.54) is 25.3 Å². The number of para-hydroxylation sites is 1. The van der Waals surface area contributed by atoms with Gasteiger partial charge in [-0.15, -0.1) is 0 Å². The van der Waals surface area contributed by atoms with Crippen molar-refractivity contribution < 1.29 is 14.2 Å². The summed E-state index contributed by atoms with van der Waals surface area (Å²) in [7, 11) is 1.48. The summed E-state index contributed by atoms with van der Waals surface area (Å²) in [5, 5.41) is 10.6. The molecule has 2 aromatic carbocycles. The van der Waals surface area contributed by atoms with Crippen LogP contribution in [0.4, 0.5) is 10.1 Å². The molecule has 0 saturated carbocycles. The highest BCUT2D eigenvalue weighted by molar-refractivity contribution is 6.31. The van der Waals surface area contributed by atoms with Gasteiger partial charge in [0, 0.05) is 16.1 Å². The van der Waals surface area contributed by atoms with Crippen molar-refractivity contribution in [3.63, 3.8) is 0 Å². The van der Waals surface area contributed by atoms with Gasteiger partial charge in [0.25, 0.3) is 0 Å². The third-order valence-electron chi connectivity index (χ3n) is 2.87. The Balaban J connectivity index is 2.50. The van der Waals surface area contributed by atoms with Crippen LogP contribution < -0.4 is 10.5 Å². The Labute approximate surface area is 115 Å². The van der Waals surface area contributed by atoms with Crippen molar-refractivity contribution in [1.29, 1.82) is 0 Å². The molecule has 5 heteroatoms. The second-order valence-electron chi connectivity index (χ2n) is 4.03. The zero-order valence-electron chi connectivity index (χ0n) is 10.2. The molecular formula is C14H13ClFNO2. The van der Waals surface area contributed by atoms with E-state index in [2.05, 4.69) is 0 Å². The topological polar surface area (TPSA) is 55.5 Å². The Hall–Kier alpha value is -1.78. The standard InChI is InChI=1S/C14H13ClFNO2/c1-19-12-4-2-3-9(13(12)17)14(18)10-7-8(16)5-6-11(10)15/h2-7,14,18H,17H2,1H3. The first-order chi connectivity index (χ1) is 9.04. The first-order valence-electron chi connectivity index (χ1n) is 5.60. The van der Waals surface area contributed by atoms with Crippen LogP contribution in [0.1, 0.15) is 17.2 Å². The molecule has 0 aromatic heterocycles. The Morgan fingerprint density at radius 2 is 2.00 bits per heavy atom. The van der Waals surface area contributed by atoms with E-state index in [1.54, 1.807) is 18.2 Å². The summed E-state index contributed by atoms with van der Waals surface area (Å²) < 4.78 is 18.3. The lowest BCUT2D eigenvalue weighted by Gasteiger charge is -2.17. The van der Waals surface area contributed by atoms with Gasteiger partial charge in [0.05, 0.1) is 12.8 Å². The number of ether oxygens (including phenoxy) is 1. The number of nitrogens with two attached hydrogens (primary N) is 1. The van der Waals surface area contributed by atoms with Gasteiger partial charge in [-0.1, -0.05) is 23.7 Å². The number of hydrogen-bond acceptors (Lipinski definition) is 3. The summed E-state index contributed by atoms with van der Waals surface area (Å²) in [6, 6.07) is 8.83. The monoisotopic (exact) mass is 281 g/mol. The third kappa shape index (κ3) is 2.64. The molecule has 0 fully saturated rings. The molecule has 0 amide bonds. The minimum atomic E-state index is -1.11. The molecule has 0 aliphatic carbocycles. The summed E-state index contributed by atoms with van der Waals surface area (Å²) in [5.74, 6) is -0.0241. The van der Waals surface area contributed by atoms with E-state index < -0.39 is 11.9 Å². The van der Waals surface area contributed by atoms with Crippen molar-refractivity contribution in [3.05, 3.63) is 58.4 Å². The highest BCUT2D eigenvalue weighted by Crippen LogP contribution is 2.35. The van der Waals surface area contributed by atoms with Crippen molar-refractivity contribution in [2.75, 3.05) is 12.8 Å². The molecule has 0 radical (unpaired) electrons. The van der Waals surface area contributed by atoms with Crippen molar-refractivity contribution in [1.82, 2.24) is 0 Å². The zero-order valence-corrected chi connectivity index (χ0v) is 11.0. The van der Waals surface area contributed by atoms with E-state index in [1.807, 2.05) is 0 Å². The average Bonchev–Trinajstić information content (AvgIpc) is 2.41. The Bertz CT molecular complexity index is 604. The molecule has 0 aliphatic heterocycles. The van der Waals surface area contributed by atoms with Gasteiger partial charge >= 0.3 is 0 Å². The Morgan fingerprint density at radius 1 is 1.26 bits per heavy atom. The lowest BCUT2D eigenvalue weighted by molar-refractivity contribution is 0.220. The van der Waals surface area contributed by atoms with Gasteiger partial charge in [0.1, 0.15) is 17.7 Å². The highest BCUT2D eigenvalue weighted by Gasteiger charge is 2.19. The van der Waals surface area contributed by atoms with E-state index in [9.17, 15) is 9.50 Å². The first kappa shape index (κ1) is 13.6. The molecule has 3 nitrogen and oxygen atoms in total. The second kappa shape index (κ2) is 5.47. The van der Waals surface area contributed by atoms with E-state index in [0.717, 1.165) is 0 Å². The van der Waals surface area contributed by atoms with Crippen LogP contribution in [0.3, 0.4) is 0 Å². The first-order valence-corrected chi connectivity index (χ1v) is 5.97. The van der Waals surface area contributed by atoms with Crippen molar-refractivity contribution in [3.8, 4) is 5.75 Å².